The van der Waals surface area contributed by atoms with E-state index in [-0.39, 0.29) is 6.10 Å². The van der Waals surface area contributed by atoms with E-state index in [0.29, 0.717) is 12.0 Å². The van der Waals surface area contributed by atoms with E-state index in [1.165, 1.54) is 24.9 Å². The van der Waals surface area contributed by atoms with Crippen molar-refractivity contribution < 1.29 is 4.74 Å². The van der Waals surface area contributed by atoms with Gasteiger partial charge in [0.2, 0.25) is 0 Å². The van der Waals surface area contributed by atoms with Gasteiger partial charge in [-0.05, 0) is 77.0 Å². The van der Waals surface area contributed by atoms with Crippen molar-refractivity contribution in [3.05, 3.63) is 29.8 Å². The van der Waals surface area contributed by atoms with Crippen LogP contribution >= 0.6 is 0 Å². The highest BCUT2D eigenvalue weighted by Crippen LogP contribution is 2.35. The highest BCUT2D eigenvalue weighted by atomic mass is 16.5. The summed E-state index contributed by atoms with van der Waals surface area (Å²) in [6.07, 6.45) is 2.82. The van der Waals surface area contributed by atoms with Gasteiger partial charge in [-0.3, -0.25) is 4.90 Å². The Morgan fingerprint density at radius 1 is 1.38 bits per heavy atom. The van der Waals surface area contributed by atoms with Crippen LogP contribution in [0.4, 0.5) is 0 Å². The number of ether oxygens (including phenoxy) is 1. The van der Waals surface area contributed by atoms with Crippen molar-refractivity contribution in [1.29, 1.82) is 0 Å². The molecule has 3 heteroatoms. The molecule has 1 saturated heterocycles. The largest absolute Gasteiger partial charge is 0.491 e. The fraction of sp³-hybridized carbons (Fsp3) is 0.667. The quantitative estimate of drug-likeness (QED) is 0.868. The molecule has 1 N–H and O–H groups in total. The zero-order valence-corrected chi connectivity index (χ0v) is 13.9. The first-order valence-electron chi connectivity index (χ1n) is 8.29. The Morgan fingerprint density at radius 2 is 2.19 bits per heavy atom. The summed E-state index contributed by atoms with van der Waals surface area (Å²) in [6, 6.07) is 9.16. The van der Waals surface area contributed by atoms with Crippen molar-refractivity contribution in [1.82, 2.24) is 10.2 Å². The first-order chi connectivity index (χ1) is 10.1. The van der Waals surface area contributed by atoms with Crippen LogP contribution in [0.1, 0.15) is 45.2 Å². The van der Waals surface area contributed by atoms with E-state index in [0.717, 1.165) is 18.8 Å². The van der Waals surface area contributed by atoms with Crippen LogP contribution in [-0.4, -0.2) is 37.7 Å². The third-order valence-electron chi connectivity index (χ3n) is 4.24. The minimum atomic E-state index is 0.224. The van der Waals surface area contributed by atoms with E-state index in [4.69, 9.17) is 4.74 Å². The minimum absolute atomic E-state index is 0.224. The molecule has 0 spiro atoms. The lowest BCUT2D eigenvalue weighted by atomic mass is 9.85. The number of hydrogen-bond donors (Lipinski definition) is 1. The number of hydrogen-bond acceptors (Lipinski definition) is 3. The molecule has 0 aromatic heterocycles. The van der Waals surface area contributed by atoms with E-state index in [9.17, 15) is 0 Å². The highest BCUT2D eigenvalue weighted by Gasteiger charge is 2.30. The van der Waals surface area contributed by atoms with E-state index in [1.54, 1.807) is 0 Å². The number of rotatable bonds is 6. The van der Waals surface area contributed by atoms with Crippen molar-refractivity contribution in [2.24, 2.45) is 5.92 Å². The van der Waals surface area contributed by atoms with Gasteiger partial charge in [0.1, 0.15) is 5.75 Å². The van der Waals surface area contributed by atoms with E-state index in [1.807, 2.05) is 0 Å². The van der Waals surface area contributed by atoms with Crippen molar-refractivity contribution in [3.63, 3.8) is 0 Å². The van der Waals surface area contributed by atoms with Crippen molar-refractivity contribution in [2.45, 2.75) is 45.8 Å². The van der Waals surface area contributed by atoms with Gasteiger partial charge in [-0.25, -0.2) is 0 Å². The zero-order chi connectivity index (χ0) is 15.2. The van der Waals surface area contributed by atoms with Gasteiger partial charge in [-0.2, -0.15) is 0 Å². The molecule has 2 rings (SSSR count). The van der Waals surface area contributed by atoms with Gasteiger partial charge in [0, 0.05) is 6.04 Å². The summed E-state index contributed by atoms with van der Waals surface area (Å²) in [7, 11) is 2.25. The van der Waals surface area contributed by atoms with Crippen LogP contribution in [0.2, 0.25) is 0 Å². The lowest BCUT2D eigenvalue weighted by molar-refractivity contribution is 0.119. The SMILES string of the molecule is CCNCC1CCCN(C)C1c1cccc(OC(C)C)c1. The molecule has 0 bridgehead atoms. The summed E-state index contributed by atoms with van der Waals surface area (Å²) >= 11 is 0. The molecule has 0 aliphatic carbocycles. The second-order valence-electron chi connectivity index (χ2n) is 6.37. The average Bonchev–Trinajstić information content (AvgIpc) is 2.44. The number of nitrogens with zero attached hydrogens (tertiary/aromatic N) is 1. The van der Waals surface area contributed by atoms with Crippen molar-refractivity contribution >= 4 is 0 Å². The molecule has 0 radical (unpaired) electrons. The fourth-order valence-electron chi connectivity index (χ4n) is 3.37. The van der Waals surface area contributed by atoms with E-state index in [2.05, 4.69) is 62.3 Å². The molecule has 1 aliphatic heterocycles. The van der Waals surface area contributed by atoms with Gasteiger partial charge in [0.05, 0.1) is 6.10 Å². The summed E-state index contributed by atoms with van der Waals surface area (Å²) in [5.74, 6) is 1.67. The minimum Gasteiger partial charge on any atom is -0.491 e. The highest BCUT2D eigenvalue weighted by molar-refractivity contribution is 5.31. The number of benzene rings is 1. The van der Waals surface area contributed by atoms with Crippen LogP contribution in [0.25, 0.3) is 0 Å². The molecule has 1 heterocycles. The number of likely N-dealkylation sites (tertiary alicyclic amines) is 1. The Morgan fingerprint density at radius 3 is 2.90 bits per heavy atom. The Kier molecular flexibility index (Phi) is 6.07. The molecule has 1 aromatic rings. The summed E-state index contributed by atoms with van der Waals surface area (Å²) in [5.41, 5.74) is 1.39. The summed E-state index contributed by atoms with van der Waals surface area (Å²) in [6.45, 7) is 9.66. The van der Waals surface area contributed by atoms with Gasteiger partial charge >= 0.3 is 0 Å². The first-order valence-corrected chi connectivity index (χ1v) is 8.29. The molecule has 0 amide bonds. The van der Waals surface area contributed by atoms with Crippen LogP contribution in [0.15, 0.2) is 24.3 Å². The molecule has 1 aliphatic rings. The Balaban J connectivity index is 2.18. The molecular weight excluding hydrogens is 260 g/mol. The Hall–Kier alpha value is -1.06. The second kappa shape index (κ2) is 7.81. The molecule has 0 saturated carbocycles. The molecule has 1 fully saturated rings. The monoisotopic (exact) mass is 290 g/mol. The summed E-state index contributed by atoms with van der Waals surface area (Å²) in [5, 5.41) is 3.53. The molecule has 3 nitrogen and oxygen atoms in total. The normalized spacial score (nSPS) is 23.5. The van der Waals surface area contributed by atoms with Gasteiger partial charge < -0.3 is 10.1 Å². The van der Waals surface area contributed by atoms with Gasteiger partial charge in [0.15, 0.2) is 0 Å². The maximum Gasteiger partial charge on any atom is 0.120 e. The van der Waals surface area contributed by atoms with Gasteiger partial charge in [0.25, 0.3) is 0 Å². The third-order valence-corrected chi connectivity index (χ3v) is 4.24. The summed E-state index contributed by atoms with van der Waals surface area (Å²) < 4.78 is 5.86. The fourth-order valence-corrected chi connectivity index (χ4v) is 3.37. The summed E-state index contributed by atoms with van der Waals surface area (Å²) in [4.78, 5) is 2.50. The standard InChI is InChI=1S/C18H30N2O/c1-5-19-13-16-9-7-11-20(4)18(16)15-8-6-10-17(12-15)21-14(2)3/h6,8,10,12,14,16,18-19H,5,7,9,11,13H2,1-4H3. The first kappa shape index (κ1) is 16.3. The predicted octanol–water partition coefficient (Wildman–Crippen LogP) is 3.47. The van der Waals surface area contributed by atoms with Gasteiger partial charge in [-0.15, -0.1) is 0 Å². The number of piperidine rings is 1. The van der Waals surface area contributed by atoms with Crippen LogP contribution in [0.5, 0.6) is 5.75 Å². The van der Waals surface area contributed by atoms with Crippen LogP contribution < -0.4 is 10.1 Å². The van der Waals surface area contributed by atoms with Crippen LogP contribution in [0.3, 0.4) is 0 Å². The Bertz CT molecular complexity index is 433. The van der Waals surface area contributed by atoms with Crippen LogP contribution in [-0.2, 0) is 0 Å². The maximum absolute atomic E-state index is 5.86. The predicted molar refractivity (Wildman–Crippen MR) is 88.8 cm³/mol. The second-order valence-corrected chi connectivity index (χ2v) is 6.37. The zero-order valence-electron chi connectivity index (χ0n) is 13.9. The van der Waals surface area contributed by atoms with E-state index < -0.39 is 0 Å². The molecule has 118 valence electrons. The third kappa shape index (κ3) is 4.45. The van der Waals surface area contributed by atoms with Crippen LogP contribution in [0, 0.1) is 5.92 Å². The van der Waals surface area contributed by atoms with Gasteiger partial charge in [-0.1, -0.05) is 19.1 Å². The molecular formula is C18H30N2O. The molecule has 1 aromatic carbocycles. The molecule has 2 unspecified atom stereocenters. The van der Waals surface area contributed by atoms with Crippen molar-refractivity contribution in [2.75, 3.05) is 26.7 Å². The smallest absolute Gasteiger partial charge is 0.120 e. The lowest BCUT2D eigenvalue weighted by Crippen LogP contribution is -2.40. The molecule has 2 atom stereocenters. The average molecular weight is 290 g/mol. The number of nitrogens with one attached hydrogen (secondary N) is 1. The molecule has 21 heavy (non-hydrogen) atoms. The Labute approximate surface area is 129 Å². The topological polar surface area (TPSA) is 24.5 Å². The lowest BCUT2D eigenvalue weighted by Gasteiger charge is -2.40. The van der Waals surface area contributed by atoms with Crippen molar-refractivity contribution in [3.8, 4) is 5.75 Å². The maximum atomic E-state index is 5.86. The van der Waals surface area contributed by atoms with E-state index >= 15 is 0 Å².